The Morgan fingerprint density at radius 2 is 1.88 bits per heavy atom. The second-order valence-electron chi connectivity index (χ2n) is 4.10. The van der Waals surface area contributed by atoms with Gasteiger partial charge in [0.05, 0.1) is 6.10 Å². The maximum atomic E-state index is 5.55. The topological polar surface area (TPSA) is 83.2 Å². The molecular weight excluding hydrogens is 208 g/mol. The summed E-state index contributed by atoms with van der Waals surface area (Å²) in [6.45, 7) is 3.79. The SMILES string of the molecule is CC(C)Oc1nc(N)nc(OC2CCC2)n1. The Morgan fingerprint density at radius 1 is 1.19 bits per heavy atom. The van der Waals surface area contributed by atoms with Crippen LogP contribution in [0.15, 0.2) is 0 Å². The largest absolute Gasteiger partial charge is 0.461 e. The molecule has 2 rings (SSSR count). The first-order chi connectivity index (χ1) is 7.63. The van der Waals surface area contributed by atoms with Crippen molar-refractivity contribution < 1.29 is 9.47 Å². The van der Waals surface area contributed by atoms with Gasteiger partial charge in [0.25, 0.3) is 0 Å². The second kappa shape index (κ2) is 4.51. The highest BCUT2D eigenvalue weighted by molar-refractivity contribution is 5.20. The van der Waals surface area contributed by atoms with Crippen LogP contribution in [0.25, 0.3) is 0 Å². The second-order valence-corrected chi connectivity index (χ2v) is 4.10. The summed E-state index contributed by atoms with van der Waals surface area (Å²) in [6, 6.07) is 0.477. The Kier molecular flexibility index (Phi) is 3.07. The van der Waals surface area contributed by atoms with Gasteiger partial charge < -0.3 is 15.2 Å². The monoisotopic (exact) mass is 224 g/mol. The Labute approximate surface area is 94.2 Å². The molecule has 1 heterocycles. The van der Waals surface area contributed by atoms with Gasteiger partial charge in [0.15, 0.2) is 0 Å². The predicted molar refractivity (Wildman–Crippen MR) is 58.3 cm³/mol. The fraction of sp³-hybridized carbons (Fsp3) is 0.700. The lowest BCUT2D eigenvalue weighted by atomic mass is 9.96. The third-order valence-corrected chi connectivity index (χ3v) is 2.28. The normalized spacial score (nSPS) is 15.9. The number of anilines is 1. The molecule has 0 aromatic carbocycles. The number of nitrogens with two attached hydrogens (primary N) is 1. The van der Waals surface area contributed by atoms with Crippen molar-refractivity contribution in [2.75, 3.05) is 5.73 Å². The van der Waals surface area contributed by atoms with Crippen LogP contribution >= 0.6 is 0 Å². The van der Waals surface area contributed by atoms with Crippen molar-refractivity contribution in [1.82, 2.24) is 15.0 Å². The maximum Gasteiger partial charge on any atom is 0.324 e. The molecule has 2 N–H and O–H groups in total. The molecule has 88 valence electrons. The minimum absolute atomic E-state index is 0.00153. The first-order valence-electron chi connectivity index (χ1n) is 5.48. The summed E-state index contributed by atoms with van der Waals surface area (Å²) in [5.41, 5.74) is 5.55. The lowest BCUT2D eigenvalue weighted by Gasteiger charge is -2.25. The summed E-state index contributed by atoms with van der Waals surface area (Å²) >= 11 is 0. The Morgan fingerprint density at radius 3 is 2.44 bits per heavy atom. The van der Waals surface area contributed by atoms with Gasteiger partial charge in [0.2, 0.25) is 5.95 Å². The highest BCUT2D eigenvalue weighted by Gasteiger charge is 2.21. The minimum Gasteiger partial charge on any atom is -0.461 e. The first kappa shape index (κ1) is 10.9. The van der Waals surface area contributed by atoms with Gasteiger partial charge in [-0.05, 0) is 33.1 Å². The van der Waals surface area contributed by atoms with Gasteiger partial charge in [0.1, 0.15) is 6.10 Å². The summed E-state index contributed by atoms with van der Waals surface area (Å²) in [7, 11) is 0. The van der Waals surface area contributed by atoms with Crippen LogP contribution in [0.4, 0.5) is 5.95 Å². The molecule has 1 aliphatic rings. The van der Waals surface area contributed by atoms with Crippen LogP contribution in [0.5, 0.6) is 12.0 Å². The summed E-state index contributed by atoms with van der Waals surface area (Å²) in [6.07, 6.45) is 3.51. The van der Waals surface area contributed by atoms with E-state index in [2.05, 4.69) is 15.0 Å². The van der Waals surface area contributed by atoms with E-state index in [0.717, 1.165) is 12.8 Å². The van der Waals surface area contributed by atoms with Gasteiger partial charge in [-0.25, -0.2) is 0 Å². The minimum atomic E-state index is -0.00153. The zero-order chi connectivity index (χ0) is 11.5. The van der Waals surface area contributed by atoms with Crippen molar-refractivity contribution >= 4 is 5.95 Å². The smallest absolute Gasteiger partial charge is 0.324 e. The molecule has 1 saturated carbocycles. The van der Waals surface area contributed by atoms with Gasteiger partial charge >= 0.3 is 12.0 Å². The Bertz CT molecular complexity index is 366. The van der Waals surface area contributed by atoms with Crippen molar-refractivity contribution in [3.05, 3.63) is 0 Å². The average Bonchev–Trinajstić information content (AvgIpc) is 2.09. The van der Waals surface area contributed by atoms with Crippen molar-refractivity contribution in [2.24, 2.45) is 0 Å². The van der Waals surface area contributed by atoms with Crippen molar-refractivity contribution in [3.8, 4) is 12.0 Å². The maximum absolute atomic E-state index is 5.55. The zero-order valence-electron chi connectivity index (χ0n) is 9.51. The average molecular weight is 224 g/mol. The summed E-state index contributed by atoms with van der Waals surface area (Å²) in [5.74, 6) is 0.125. The molecule has 0 saturated heterocycles. The van der Waals surface area contributed by atoms with Gasteiger partial charge in [-0.15, -0.1) is 4.98 Å². The highest BCUT2D eigenvalue weighted by Crippen LogP contribution is 2.24. The van der Waals surface area contributed by atoms with Crippen LogP contribution < -0.4 is 15.2 Å². The highest BCUT2D eigenvalue weighted by atomic mass is 16.5. The predicted octanol–water partition coefficient (Wildman–Crippen LogP) is 1.17. The molecule has 1 aromatic heterocycles. The third kappa shape index (κ3) is 2.71. The number of hydrogen-bond donors (Lipinski definition) is 1. The molecule has 1 aromatic rings. The number of aromatic nitrogens is 3. The van der Waals surface area contributed by atoms with Crippen molar-refractivity contribution in [3.63, 3.8) is 0 Å². The standard InChI is InChI=1S/C10H16N4O2/c1-6(2)15-9-12-8(11)13-10(14-9)16-7-4-3-5-7/h6-7H,3-5H2,1-2H3,(H2,11,12,13,14). The molecule has 6 nitrogen and oxygen atoms in total. The van der Waals surface area contributed by atoms with Crippen LogP contribution in [0, 0.1) is 0 Å². The molecule has 0 radical (unpaired) electrons. The quantitative estimate of drug-likeness (QED) is 0.826. The fourth-order valence-corrected chi connectivity index (χ4v) is 1.31. The van der Waals surface area contributed by atoms with E-state index in [1.54, 1.807) is 0 Å². The number of hydrogen-bond acceptors (Lipinski definition) is 6. The van der Waals surface area contributed by atoms with E-state index in [4.69, 9.17) is 15.2 Å². The van der Waals surface area contributed by atoms with E-state index < -0.39 is 0 Å². The van der Waals surface area contributed by atoms with E-state index in [1.807, 2.05) is 13.8 Å². The summed E-state index contributed by atoms with van der Waals surface area (Å²) < 4.78 is 10.9. The van der Waals surface area contributed by atoms with E-state index in [9.17, 15) is 0 Å². The molecule has 0 bridgehead atoms. The van der Waals surface area contributed by atoms with Crippen LogP contribution in [0.2, 0.25) is 0 Å². The molecular formula is C10H16N4O2. The third-order valence-electron chi connectivity index (χ3n) is 2.28. The van der Waals surface area contributed by atoms with Gasteiger partial charge in [-0.3, -0.25) is 0 Å². The van der Waals surface area contributed by atoms with Crippen LogP contribution in [0.3, 0.4) is 0 Å². The Hall–Kier alpha value is -1.59. The first-order valence-corrected chi connectivity index (χ1v) is 5.48. The molecule has 1 fully saturated rings. The van der Waals surface area contributed by atoms with Crippen molar-refractivity contribution in [2.45, 2.75) is 45.3 Å². The van der Waals surface area contributed by atoms with Gasteiger partial charge in [0, 0.05) is 0 Å². The van der Waals surface area contributed by atoms with Gasteiger partial charge in [-0.2, -0.15) is 9.97 Å². The number of nitrogen functional groups attached to an aromatic ring is 1. The molecule has 0 aliphatic heterocycles. The molecule has 0 unspecified atom stereocenters. The lowest BCUT2D eigenvalue weighted by molar-refractivity contribution is 0.105. The van der Waals surface area contributed by atoms with E-state index in [0.29, 0.717) is 0 Å². The summed E-state index contributed by atoms with van der Waals surface area (Å²) in [4.78, 5) is 11.8. The van der Waals surface area contributed by atoms with E-state index >= 15 is 0 Å². The van der Waals surface area contributed by atoms with Crippen LogP contribution in [0.1, 0.15) is 33.1 Å². The molecule has 0 spiro atoms. The molecule has 1 aliphatic carbocycles. The summed E-state index contributed by atoms with van der Waals surface area (Å²) in [5, 5.41) is 0. The van der Waals surface area contributed by atoms with Gasteiger partial charge in [-0.1, -0.05) is 0 Å². The molecule has 0 atom stereocenters. The van der Waals surface area contributed by atoms with E-state index in [-0.39, 0.29) is 30.2 Å². The number of rotatable bonds is 4. The molecule has 0 amide bonds. The van der Waals surface area contributed by atoms with Crippen molar-refractivity contribution in [1.29, 1.82) is 0 Å². The fourth-order valence-electron chi connectivity index (χ4n) is 1.31. The van der Waals surface area contributed by atoms with E-state index in [1.165, 1.54) is 6.42 Å². The van der Waals surface area contributed by atoms with Crippen LogP contribution in [-0.4, -0.2) is 27.2 Å². The zero-order valence-corrected chi connectivity index (χ0v) is 9.51. The lowest BCUT2D eigenvalue weighted by Crippen LogP contribution is -2.26. The number of ether oxygens (including phenoxy) is 2. The molecule has 6 heteroatoms. The molecule has 16 heavy (non-hydrogen) atoms. The van der Waals surface area contributed by atoms with Crippen LogP contribution in [-0.2, 0) is 0 Å². The Balaban J connectivity index is 2.08. The number of nitrogens with zero attached hydrogens (tertiary/aromatic N) is 3.